The Labute approximate surface area is 117 Å². The van der Waals surface area contributed by atoms with Gasteiger partial charge in [-0.2, -0.15) is 0 Å². The minimum atomic E-state index is -0.977. The van der Waals surface area contributed by atoms with Crippen molar-refractivity contribution in [1.82, 2.24) is 4.98 Å². The average molecular weight is 272 g/mol. The lowest BCUT2D eigenvalue weighted by Gasteiger charge is -2.12. The normalized spacial score (nSPS) is 10.2. The van der Waals surface area contributed by atoms with E-state index in [1.54, 1.807) is 20.1 Å². The zero-order valence-corrected chi connectivity index (χ0v) is 11.6. The molecule has 0 saturated heterocycles. The van der Waals surface area contributed by atoms with E-state index in [0.717, 1.165) is 11.3 Å². The van der Waals surface area contributed by atoms with Crippen molar-refractivity contribution in [1.29, 1.82) is 0 Å². The van der Waals surface area contributed by atoms with Crippen LogP contribution in [-0.2, 0) is 0 Å². The molecule has 0 saturated carbocycles. The number of carboxylic acid groups (broad SMARTS) is 1. The number of hydrogen-bond acceptors (Lipinski definition) is 4. The first-order chi connectivity index (χ1) is 9.51. The molecular formula is C15H16N2O3. The van der Waals surface area contributed by atoms with Crippen LogP contribution in [-0.4, -0.2) is 23.2 Å². The van der Waals surface area contributed by atoms with E-state index in [0.29, 0.717) is 17.3 Å². The maximum absolute atomic E-state index is 11.0. The van der Waals surface area contributed by atoms with Gasteiger partial charge >= 0.3 is 5.97 Å². The molecule has 0 amide bonds. The van der Waals surface area contributed by atoms with E-state index in [9.17, 15) is 4.79 Å². The number of rotatable bonds is 4. The highest BCUT2D eigenvalue weighted by molar-refractivity contribution is 5.89. The summed E-state index contributed by atoms with van der Waals surface area (Å²) in [6.07, 6.45) is 0. The molecule has 0 aliphatic heterocycles. The van der Waals surface area contributed by atoms with Crippen molar-refractivity contribution < 1.29 is 14.6 Å². The maximum Gasteiger partial charge on any atom is 0.337 e. The number of nitrogens with zero attached hydrogens (tertiary/aromatic N) is 1. The Morgan fingerprint density at radius 3 is 2.60 bits per heavy atom. The van der Waals surface area contributed by atoms with Gasteiger partial charge in [0.05, 0.1) is 24.1 Å². The van der Waals surface area contributed by atoms with Crippen molar-refractivity contribution in [3.05, 3.63) is 47.2 Å². The molecule has 0 bridgehead atoms. The van der Waals surface area contributed by atoms with E-state index >= 15 is 0 Å². The van der Waals surface area contributed by atoms with E-state index in [1.807, 2.05) is 25.1 Å². The molecule has 0 aliphatic carbocycles. The van der Waals surface area contributed by atoms with Crippen LogP contribution in [0.2, 0.25) is 0 Å². The zero-order chi connectivity index (χ0) is 14.7. The van der Waals surface area contributed by atoms with Gasteiger partial charge in [0, 0.05) is 0 Å². The first-order valence-electron chi connectivity index (χ1n) is 6.14. The van der Waals surface area contributed by atoms with Gasteiger partial charge in [-0.15, -0.1) is 0 Å². The molecule has 0 radical (unpaired) electrons. The first-order valence-corrected chi connectivity index (χ1v) is 6.14. The Kier molecular flexibility index (Phi) is 3.89. The quantitative estimate of drug-likeness (QED) is 0.894. The Balaban J connectivity index is 2.33. The zero-order valence-electron chi connectivity index (χ0n) is 11.6. The number of aromatic carboxylic acids is 1. The number of methoxy groups -OCH3 is 1. The molecular weight excluding hydrogens is 256 g/mol. The summed E-state index contributed by atoms with van der Waals surface area (Å²) < 4.78 is 5.28. The number of carboxylic acids is 1. The molecule has 1 heterocycles. The number of carbonyl (C=O) groups is 1. The summed E-state index contributed by atoms with van der Waals surface area (Å²) in [7, 11) is 1.60. The van der Waals surface area contributed by atoms with E-state index in [4.69, 9.17) is 9.84 Å². The summed E-state index contributed by atoms with van der Waals surface area (Å²) in [5, 5.41) is 12.1. The van der Waals surface area contributed by atoms with Gasteiger partial charge in [0.2, 0.25) is 0 Å². The van der Waals surface area contributed by atoms with Gasteiger partial charge in [-0.25, -0.2) is 9.78 Å². The van der Waals surface area contributed by atoms with Crippen LogP contribution in [0.3, 0.4) is 0 Å². The second kappa shape index (κ2) is 5.61. The van der Waals surface area contributed by atoms with Crippen LogP contribution in [0.15, 0.2) is 30.3 Å². The molecule has 5 heteroatoms. The molecule has 0 fully saturated rings. The summed E-state index contributed by atoms with van der Waals surface area (Å²) >= 11 is 0. The Hall–Kier alpha value is -2.56. The van der Waals surface area contributed by atoms with Crippen LogP contribution < -0.4 is 10.1 Å². The van der Waals surface area contributed by atoms with Crippen LogP contribution >= 0.6 is 0 Å². The third-order valence-electron chi connectivity index (χ3n) is 2.93. The summed E-state index contributed by atoms with van der Waals surface area (Å²) in [5.41, 5.74) is 2.55. The lowest BCUT2D eigenvalue weighted by Crippen LogP contribution is -2.04. The van der Waals surface area contributed by atoms with Gasteiger partial charge in [0.1, 0.15) is 11.6 Å². The fraction of sp³-hybridized carbons (Fsp3) is 0.200. The summed E-state index contributed by atoms with van der Waals surface area (Å²) in [5.74, 6) is 0.309. The Morgan fingerprint density at radius 1 is 1.25 bits per heavy atom. The van der Waals surface area contributed by atoms with Crippen molar-refractivity contribution in [3.63, 3.8) is 0 Å². The lowest BCUT2D eigenvalue weighted by molar-refractivity contribution is 0.0695. The predicted octanol–water partition coefficient (Wildman–Crippen LogP) is 3.15. The molecule has 2 N–H and O–H groups in total. The highest BCUT2D eigenvalue weighted by atomic mass is 16.5. The van der Waals surface area contributed by atoms with Gasteiger partial charge in [0.15, 0.2) is 0 Å². The van der Waals surface area contributed by atoms with Gasteiger partial charge in [-0.1, -0.05) is 6.07 Å². The smallest absolute Gasteiger partial charge is 0.337 e. The van der Waals surface area contributed by atoms with E-state index < -0.39 is 5.97 Å². The minimum Gasteiger partial charge on any atom is -0.495 e. The number of aromatic nitrogens is 1. The van der Waals surface area contributed by atoms with Crippen molar-refractivity contribution in [2.75, 3.05) is 12.4 Å². The molecule has 104 valence electrons. The summed E-state index contributed by atoms with van der Waals surface area (Å²) in [4.78, 5) is 15.2. The van der Waals surface area contributed by atoms with E-state index in [-0.39, 0.29) is 5.56 Å². The number of anilines is 2. The fourth-order valence-electron chi connectivity index (χ4n) is 1.91. The first kappa shape index (κ1) is 13.9. The van der Waals surface area contributed by atoms with Crippen LogP contribution in [0, 0.1) is 13.8 Å². The van der Waals surface area contributed by atoms with Gasteiger partial charge in [-0.3, -0.25) is 0 Å². The van der Waals surface area contributed by atoms with Crippen LogP contribution in [0.4, 0.5) is 11.5 Å². The average Bonchev–Trinajstić information content (AvgIpc) is 2.38. The molecule has 0 atom stereocenters. The minimum absolute atomic E-state index is 0.201. The van der Waals surface area contributed by atoms with E-state index in [1.165, 1.54) is 6.07 Å². The topological polar surface area (TPSA) is 71.5 Å². The number of aryl methyl sites for hydroxylation is 2. The van der Waals surface area contributed by atoms with Crippen molar-refractivity contribution in [2.45, 2.75) is 13.8 Å². The third-order valence-corrected chi connectivity index (χ3v) is 2.93. The lowest BCUT2D eigenvalue weighted by atomic mass is 10.2. The number of ether oxygens (including phenoxy) is 1. The van der Waals surface area contributed by atoms with E-state index in [2.05, 4.69) is 10.3 Å². The second-order valence-electron chi connectivity index (χ2n) is 4.46. The van der Waals surface area contributed by atoms with Gasteiger partial charge in [0.25, 0.3) is 0 Å². The number of nitrogens with one attached hydrogen (secondary N) is 1. The molecule has 1 aromatic heterocycles. The number of benzene rings is 1. The summed E-state index contributed by atoms with van der Waals surface area (Å²) in [6.45, 7) is 3.65. The third kappa shape index (κ3) is 2.88. The Morgan fingerprint density at radius 2 is 2.00 bits per heavy atom. The number of pyridine rings is 1. The van der Waals surface area contributed by atoms with Crippen molar-refractivity contribution >= 4 is 17.5 Å². The molecule has 0 unspecified atom stereocenters. The standard InChI is InChI=1S/C15H16N2O3/c1-9-4-6-13(20-3)12(8-9)17-14-7-5-11(15(18)19)10(2)16-14/h4-8H,1-3H3,(H,16,17)(H,18,19). The second-order valence-corrected chi connectivity index (χ2v) is 4.46. The SMILES string of the molecule is COc1ccc(C)cc1Nc1ccc(C(=O)O)c(C)n1. The molecule has 2 aromatic rings. The van der Waals surface area contributed by atoms with Crippen molar-refractivity contribution in [3.8, 4) is 5.75 Å². The van der Waals surface area contributed by atoms with Crippen LogP contribution in [0.5, 0.6) is 5.75 Å². The molecule has 1 aromatic carbocycles. The maximum atomic E-state index is 11.0. The monoisotopic (exact) mass is 272 g/mol. The largest absolute Gasteiger partial charge is 0.495 e. The van der Waals surface area contributed by atoms with Gasteiger partial charge in [-0.05, 0) is 43.7 Å². The molecule has 0 aliphatic rings. The number of hydrogen-bond donors (Lipinski definition) is 2. The fourth-order valence-corrected chi connectivity index (χ4v) is 1.91. The summed E-state index contributed by atoms with van der Waals surface area (Å²) in [6, 6.07) is 8.95. The van der Waals surface area contributed by atoms with Gasteiger partial charge < -0.3 is 15.2 Å². The highest BCUT2D eigenvalue weighted by Gasteiger charge is 2.10. The van der Waals surface area contributed by atoms with Crippen molar-refractivity contribution in [2.24, 2.45) is 0 Å². The molecule has 0 spiro atoms. The van der Waals surface area contributed by atoms with Crippen LogP contribution in [0.1, 0.15) is 21.6 Å². The molecule has 2 rings (SSSR count). The molecule has 20 heavy (non-hydrogen) atoms. The highest BCUT2D eigenvalue weighted by Crippen LogP contribution is 2.28. The molecule has 5 nitrogen and oxygen atoms in total. The predicted molar refractivity (Wildman–Crippen MR) is 76.9 cm³/mol. The van der Waals surface area contributed by atoms with Crippen LogP contribution in [0.25, 0.3) is 0 Å². The Bertz CT molecular complexity index is 654.